The third-order valence-corrected chi connectivity index (χ3v) is 5.64. The number of nitrogens with zero attached hydrogens (tertiary/aromatic N) is 1. The number of carboxylic acids is 1. The normalized spacial score (nSPS) is 25.4. The second-order valence-electron chi connectivity index (χ2n) is 4.56. The molecule has 0 aromatic heterocycles. The molecule has 19 heavy (non-hydrogen) atoms. The van der Waals surface area contributed by atoms with Crippen molar-refractivity contribution in [2.24, 2.45) is 0 Å². The van der Waals surface area contributed by atoms with Crippen LogP contribution >= 0.6 is 23.5 Å². The zero-order chi connectivity index (χ0) is 13.4. The fourth-order valence-electron chi connectivity index (χ4n) is 2.43. The third kappa shape index (κ3) is 2.23. The first-order valence-electron chi connectivity index (χ1n) is 6.01. The molecular formula is C13H13NO3S2. The Hall–Kier alpha value is -1.14. The van der Waals surface area contributed by atoms with Gasteiger partial charge in [0.05, 0.1) is 11.8 Å². The standard InChI is InChI=1S/C13H13NO3S2/c15-12(14-7-18-6-10(14)13(16)17)9-5-19-11-4-2-1-3-8(9)11/h1-4,9-10H,5-7H2,(H,16,17). The number of hydrogen-bond donors (Lipinski definition) is 1. The first kappa shape index (κ1) is 12.9. The van der Waals surface area contributed by atoms with E-state index < -0.39 is 12.0 Å². The van der Waals surface area contributed by atoms with Crippen molar-refractivity contribution in [1.82, 2.24) is 4.90 Å². The highest BCUT2D eigenvalue weighted by molar-refractivity contribution is 8.00. The maximum absolute atomic E-state index is 12.6. The lowest BCUT2D eigenvalue weighted by Gasteiger charge is -2.24. The number of rotatable bonds is 2. The van der Waals surface area contributed by atoms with Crippen LogP contribution in [0.5, 0.6) is 0 Å². The Morgan fingerprint density at radius 1 is 1.26 bits per heavy atom. The summed E-state index contributed by atoms with van der Waals surface area (Å²) in [5.74, 6) is 0.543. The number of hydrogen-bond acceptors (Lipinski definition) is 4. The number of carbonyl (C=O) groups excluding carboxylic acids is 1. The first-order valence-corrected chi connectivity index (χ1v) is 8.15. The van der Waals surface area contributed by atoms with Crippen LogP contribution in [0.25, 0.3) is 0 Å². The van der Waals surface area contributed by atoms with E-state index in [9.17, 15) is 9.59 Å². The van der Waals surface area contributed by atoms with Crippen LogP contribution in [0.15, 0.2) is 29.2 Å². The van der Waals surface area contributed by atoms with Gasteiger partial charge in [0, 0.05) is 16.4 Å². The van der Waals surface area contributed by atoms with Gasteiger partial charge in [-0.1, -0.05) is 18.2 Å². The van der Waals surface area contributed by atoms with E-state index in [-0.39, 0.29) is 11.8 Å². The zero-order valence-electron chi connectivity index (χ0n) is 10.1. The fourth-order valence-corrected chi connectivity index (χ4v) is 4.81. The van der Waals surface area contributed by atoms with Gasteiger partial charge in [-0.2, -0.15) is 0 Å². The third-order valence-electron chi connectivity index (χ3n) is 3.45. The minimum atomic E-state index is -0.905. The number of carboxylic acid groups (broad SMARTS) is 1. The SMILES string of the molecule is O=C(O)C1CSCN1C(=O)C1CSc2ccccc21. The van der Waals surface area contributed by atoms with E-state index in [2.05, 4.69) is 0 Å². The van der Waals surface area contributed by atoms with Gasteiger partial charge in [-0.25, -0.2) is 4.79 Å². The van der Waals surface area contributed by atoms with Gasteiger partial charge in [-0.15, -0.1) is 23.5 Å². The predicted molar refractivity (Wildman–Crippen MR) is 75.5 cm³/mol. The van der Waals surface area contributed by atoms with E-state index >= 15 is 0 Å². The topological polar surface area (TPSA) is 57.6 Å². The van der Waals surface area contributed by atoms with Gasteiger partial charge in [0.1, 0.15) is 6.04 Å². The highest BCUT2D eigenvalue weighted by Crippen LogP contribution is 2.41. The Morgan fingerprint density at radius 3 is 2.84 bits per heavy atom. The van der Waals surface area contributed by atoms with Crippen LogP contribution in [0.4, 0.5) is 0 Å². The molecule has 2 aliphatic rings. The molecule has 1 aromatic rings. The van der Waals surface area contributed by atoms with Crippen LogP contribution in [-0.2, 0) is 9.59 Å². The maximum Gasteiger partial charge on any atom is 0.327 e. The predicted octanol–water partition coefficient (Wildman–Crippen LogP) is 1.86. The van der Waals surface area contributed by atoms with Crippen LogP contribution in [0.3, 0.4) is 0 Å². The van der Waals surface area contributed by atoms with Gasteiger partial charge in [-0.05, 0) is 11.6 Å². The summed E-state index contributed by atoms with van der Waals surface area (Å²) in [5, 5.41) is 9.16. The van der Waals surface area contributed by atoms with Crippen molar-refractivity contribution in [1.29, 1.82) is 0 Å². The molecule has 1 saturated heterocycles. The molecule has 0 aliphatic carbocycles. The Balaban J connectivity index is 1.84. The molecule has 100 valence electrons. The van der Waals surface area contributed by atoms with Gasteiger partial charge >= 0.3 is 5.97 Å². The highest BCUT2D eigenvalue weighted by atomic mass is 32.2. The summed E-state index contributed by atoms with van der Waals surface area (Å²) in [6, 6.07) is 7.20. The molecule has 0 saturated carbocycles. The zero-order valence-corrected chi connectivity index (χ0v) is 11.7. The molecule has 1 fully saturated rings. The smallest absolute Gasteiger partial charge is 0.327 e. The molecule has 2 unspecified atom stereocenters. The van der Waals surface area contributed by atoms with E-state index in [1.54, 1.807) is 11.8 Å². The average Bonchev–Trinajstić information content (AvgIpc) is 3.05. The van der Waals surface area contributed by atoms with Gasteiger partial charge < -0.3 is 10.0 Å². The molecule has 0 bridgehead atoms. The molecule has 6 heteroatoms. The largest absolute Gasteiger partial charge is 0.480 e. The summed E-state index contributed by atoms with van der Waals surface area (Å²) < 4.78 is 0. The molecule has 2 atom stereocenters. The number of aliphatic carboxylic acids is 1. The van der Waals surface area contributed by atoms with Crippen LogP contribution in [0.2, 0.25) is 0 Å². The quantitative estimate of drug-likeness (QED) is 0.902. The monoisotopic (exact) mass is 295 g/mol. The molecule has 1 amide bonds. The molecule has 1 N–H and O–H groups in total. The van der Waals surface area contributed by atoms with E-state index in [4.69, 9.17) is 5.11 Å². The average molecular weight is 295 g/mol. The molecule has 0 radical (unpaired) electrons. The van der Waals surface area contributed by atoms with Crippen LogP contribution < -0.4 is 0 Å². The molecular weight excluding hydrogens is 282 g/mol. The number of fused-ring (bicyclic) bond motifs is 1. The Labute approximate surface area is 119 Å². The second kappa shape index (κ2) is 5.09. The van der Waals surface area contributed by atoms with Crippen LogP contribution in [0, 0.1) is 0 Å². The van der Waals surface area contributed by atoms with Crippen molar-refractivity contribution < 1.29 is 14.7 Å². The van der Waals surface area contributed by atoms with Crippen molar-refractivity contribution in [3.05, 3.63) is 29.8 Å². The van der Waals surface area contributed by atoms with Gasteiger partial charge in [0.25, 0.3) is 0 Å². The van der Waals surface area contributed by atoms with Crippen molar-refractivity contribution in [2.75, 3.05) is 17.4 Å². The molecule has 4 nitrogen and oxygen atoms in total. The lowest BCUT2D eigenvalue weighted by molar-refractivity contribution is -0.148. The molecule has 2 heterocycles. The Kier molecular flexibility index (Phi) is 3.45. The van der Waals surface area contributed by atoms with Crippen molar-refractivity contribution in [3.8, 4) is 0 Å². The van der Waals surface area contributed by atoms with Crippen molar-refractivity contribution in [3.63, 3.8) is 0 Å². The van der Waals surface area contributed by atoms with Crippen molar-refractivity contribution >= 4 is 35.4 Å². The number of amides is 1. The van der Waals surface area contributed by atoms with E-state index in [0.29, 0.717) is 17.4 Å². The minimum Gasteiger partial charge on any atom is -0.480 e. The van der Waals surface area contributed by atoms with Gasteiger partial charge in [-0.3, -0.25) is 4.79 Å². The fraction of sp³-hybridized carbons (Fsp3) is 0.385. The van der Waals surface area contributed by atoms with Crippen LogP contribution in [-0.4, -0.2) is 45.3 Å². The number of benzene rings is 1. The van der Waals surface area contributed by atoms with E-state index in [1.165, 1.54) is 16.7 Å². The maximum atomic E-state index is 12.6. The Morgan fingerprint density at radius 2 is 2.05 bits per heavy atom. The number of thioether (sulfide) groups is 2. The minimum absolute atomic E-state index is 0.0464. The van der Waals surface area contributed by atoms with Gasteiger partial charge in [0.2, 0.25) is 5.91 Å². The van der Waals surface area contributed by atoms with Gasteiger partial charge in [0.15, 0.2) is 0 Å². The Bertz CT molecular complexity index is 534. The van der Waals surface area contributed by atoms with Crippen molar-refractivity contribution in [2.45, 2.75) is 16.9 Å². The number of carbonyl (C=O) groups is 2. The lowest BCUT2D eigenvalue weighted by atomic mass is 9.99. The summed E-state index contributed by atoms with van der Waals surface area (Å²) in [5.41, 5.74) is 1.04. The summed E-state index contributed by atoms with van der Waals surface area (Å²) >= 11 is 3.18. The van der Waals surface area contributed by atoms with E-state index in [1.807, 2.05) is 24.3 Å². The summed E-state index contributed by atoms with van der Waals surface area (Å²) in [6.45, 7) is 0. The summed E-state index contributed by atoms with van der Waals surface area (Å²) in [7, 11) is 0. The summed E-state index contributed by atoms with van der Waals surface area (Å²) in [4.78, 5) is 26.4. The molecule has 2 aliphatic heterocycles. The molecule has 0 spiro atoms. The first-order chi connectivity index (χ1) is 9.18. The highest BCUT2D eigenvalue weighted by Gasteiger charge is 2.40. The lowest BCUT2D eigenvalue weighted by Crippen LogP contribution is -2.44. The van der Waals surface area contributed by atoms with E-state index in [0.717, 1.165) is 10.5 Å². The second-order valence-corrected chi connectivity index (χ2v) is 6.62. The molecule has 1 aromatic carbocycles. The van der Waals surface area contributed by atoms with Crippen LogP contribution in [0.1, 0.15) is 11.5 Å². The molecule has 3 rings (SSSR count). The summed E-state index contributed by atoms with van der Waals surface area (Å²) in [6.07, 6.45) is 0.